The molecule has 6 nitrogen and oxygen atoms in total. The van der Waals surface area contributed by atoms with E-state index in [9.17, 15) is 4.79 Å². The molecule has 4 rings (SSSR count). The van der Waals surface area contributed by atoms with Crippen molar-refractivity contribution in [3.8, 4) is 28.6 Å². The molecule has 4 aromatic rings. The summed E-state index contributed by atoms with van der Waals surface area (Å²) in [5.41, 5.74) is 3.36. The van der Waals surface area contributed by atoms with Crippen LogP contribution < -0.4 is 14.8 Å². The average Bonchev–Trinajstić information content (AvgIpc) is 2.88. The summed E-state index contributed by atoms with van der Waals surface area (Å²) < 4.78 is 11.2. The Morgan fingerprint density at radius 3 is 2.18 bits per heavy atom. The Bertz CT molecular complexity index is 1160. The molecular formula is C27H25N3O3. The lowest BCUT2D eigenvalue weighted by molar-refractivity contribution is 0.0951. The molecule has 1 heterocycles. The summed E-state index contributed by atoms with van der Waals surface area (Å²) in [4.78, 5) is 21.1. The topological polar surface area (TPSA) is 73.3 Å². The van der Waals surface area contributed by atoms with Gasteiger partial charge in [0.05, 0.1) is 6.61 Å². The number of amides is 1. The number of benzene rings is 3. The number of para-hydroxylation sites is 1. The maximum Gasteiger partial charge on any atom is 0.321 e. The van der Waals surface area contributed by atoms with Gasteiger partial charge in [-0.05, 0) is 53.9 Å². The van der Waals surface area contributed by atoms with E-state index in [1.807, 2.05) is 66.7 Å². The van der Waals surface area contributed by atoms with Gasteiger partial charge in [0.1, 0.15) is 11.5 Å². The van der Waals surface area contributed by atoms with Crippen LogP contribution in [0.2, 0.25) is 0 Å². The van der Waals surface area contributed by atoms with Crippen LogP contribution in [0.3, 0.4) is 0 Å². The number of rotatable bonds is 9. The van der Waals surface area contributed by atoms with Crippen LogP contribution in [0.5, 0.6) is 17.5 Å². The molecule has 0 radical (unpaired) electrons. The standard InChI is InChI=1S/C27H25N3O3/c1-2-16-32-24-14-8-20(9-15-24)17-28-26(31)22-12-10-21(11-13-22)23-18-29-27(30-19-23)33-25-6-4-3-5-7-25/h3-15,18-19H,2,16-17H2,1H3,(H,28,31). The summed E-state index contributed by atoms with van der Waals surface area (Å²) in [6.45, 7) is 3.22. The molecule has 3 aromatic carbocycles. The second-order valence-electron chi connectivity index (χ2n) is 7.42. The predicted molar refractivity (Wildman–Crippen MR) is 127 cm³/mol. The molecule has 0 atom stereocenters. The fraction of sp³-hybridized carbons (Fsp3) is 0.148. The molecule has 0 aliphatic carbocycles. The minimum absolute atomic E-state index is 0.129. The summed E-state index contributed by atoms with van der Waals surface area (Å²) in [6.07, 6.45) is 4.38. The average molecular weight is 440 g/mol. The van der Waals surface area contributed by atoms with Gasteiger partial charge in [-0.1, -0.05) is 49.4 Å². The Kier molecular flexibility index (Phi) is 7.28. The van der Waals surface area contributed by atoms with E-state index in [1.54, 1.807) is 24.5 Å². The molecule has 6 heteroatoms. The Labute approximate surface area is 193 Å². The van der Waals surface area contributed by atoms with Crippen molar-refractivity contribution in [3.05, 3.63) is 102 Å². The molecule has 1 aromatic heterocycles. The van der Waals surface area contributed by atoms with E-state index in [-0.39, 0.29) is 11.9 Å². The highest BCUT2D eigenvalue weighted by atomic mass is 16.5. The number of carbonyl (C=O) groups excluding carboxylic acids is 1. The largest absolute Gasteiger partial charge is 0.494 e. The molecule has 0 bridgehead atoms. The van der Waals surface area contributed by atoms with Crippen molar-refractivity contribution in [2.24, 2.45) is 0 Å². The number of carbonyl (C=O) groups is 1. The van der Waals surface area contributed by atoms with E-state index in [0.29, 0.717) is 24.5 Å². The fourth-order valence-corrected chi connectivity index (χ4v) is 3.13. The Hall–Kier alpha value is -4.19. The smallest absolute Gasteiger partial charge is 0.321 e. The first-order chi connectivity index (χ1) is 16.2. The predicted octanol–water partition coefficient (Wildman–Crippen LogP) is 5.65. The second kappa shape index (κ2) is 10.9. The van der Waals surface area contributed by atoms with Gasteiger partial charge in [-0.25, -0.2) is 9.97 Å². The fourth-order valence-electron chi connectivity index (χ4n) is 3.13. The first-order valence-corrected chi connectivity index (χ1v) is 10.9. The van der Waals surface area contributed by atoms with Gasteiger partial charge in [-0.3, -0.25) is 4.79 Å². The van der Waals surface area contributed by atoms with Crippen LogP contribution in [-0.2, 0) is 6.54 Å². The number of hydrogen-bond acceptors (Lipinski definition) is 5. The molecule has 0 aliphatic rings. The monoisotopic (exact) mass is 439 g/mol. The number of ether oxygens (including phenoxy) is 2. The van der Waals surface area contributed by atoms with Gasteiger partial charge in [0.25, 0.3) is 5.91 Å². The first kappa shape index (κ1) is 22.0. The van der Waals surface area contributed by atoms with Crippen molar-refractivity contribution in [1.82, 2.24) is 15.3 Å². The van der Waals surface area contributed by atoms with Gasteiger partial charge in [0.2, 0.25) is 0 Å². The Morgan fingerprint density at radius 2 is 1.52 bits per heavy atom. The van der Waals surface area contributed by atoms with E-state index < -0.39 is 0 Å². The molecular weight excluding hydrogens is 414 g/mol. The van der Waals surface area contributed by atoms with E-state index in [0.717, 1.165) is 28.9 Å². The molecule has 33 heavy (non-hydrogen) atoms. The summed E-state index contributed by atoms with van der Waals surface area (Å²) >= 11 is 0. The number of aromatic nitrogens is 2. The van der Waals surface area contributed by atoms with Gasteiger partial charge in [-0.15, -0.1) is 0 Å². The zero-order valence-corrected chi connectivity index (χ0v) is 18.4. The maximum atomic E-state index is 12.5. The van der Waals surface area contributed by atoms with Gasteiger partial charge >= 0.3 is 6.01 Å². The van der Waals surface area contributed by atoms with Crippen molar-refractivity contribution in [3.63, 3.8) is 0 Å². The molecule has 1 N–H and O–H groups in total. The molecule has 0 saturated heterocycles. The van der Waals surface area contributed by atoms with Crippen LogP contribution in [0.4, 0.5) is 0 Å². The molecule has 0 fully saturated rings. The van der Waals surface area contributed by atoms with Crippen LogP contribution in [0.1, 0.15) is 29.3 Å². The van der Waals surface area contributed by atoms with Crippen molar-refractivity contribution < 1.29 is 14.3 Å². The summed E-state index contributed by atoms with van der Waals surface area (Å²) in [6, 6.07) is 24.8. The van der Waals surface area contributed by atoms with E-state index in [1.165, 1.54) is 0 Å². The zero-order valence-electron chi connectivity index (χ0n) is 18.4. The molecule has 0 aliphatic heterocycles. The third-order valence-corrected chi connectivity index (χ3v) is 4.91. The van der Waals surface area contributed by atoms with E-state index in [4.69, 9.17) is 9.47 Å². The van der Waals surface area contributed by atoms with Crippen LogP contribution in [0.15, 0.2) is 91.3 Å². The third kappa shape index (κ3) is 6.17. The summed E-state index contributed by atoms with van der Waals surface area (Å²) in [7, 11) is 0. The van der Waals surface area contributed by atoms with Crippen molar-refractivity contribution in [2.45, 2.75) is 19.9 Å². The summed E-state index contributed by atoms with van der Waals surface area (Å²) in [5.74, 6) is 1.39. The van der Waals surface area contributed by atoms with Crippen molar-refractivity contribution in [1.29, 1.82) is 0 Å². The SMILES string of the molecule is CCCOc1ccc(CNC(=O)c2ccc(-c3cnc(Oc4ccccc4)nc3)cc2)cc1. The number of hydrogen-bond donors (Lipinski definition) is 1. The summed E-state index contributed by atoms with van der Waals surface area (Å²) in [5, 5.41) is 2.95. The lowest BCUT2D eigenvalue weighted by atomic mass is 10.1. The highest BCUT2D eigenvalue weighted by Gasteiger charge is 2.08. The maximum absolute atomic E-state index is 12.5. The normalized spacial score (nSPS) is 10.5. The molecule has 0 spiro atoms. The van der Waals surface area contributed by atoms with E-state index >= 15 is 0 Å². The van der Waals surface area contributed by atoms with E-state index in [2.05, 4.69) is 22.2 Å². The molecule has 166 valence electrons. The van der Waals surface area contributed by atoms with Crippen molar-refractivity contribution >= 4 is 5.91 Å². The van der Waals surface area contributed by atoms with Crippen LogP contribution in [0, 0.1) is 0 Å². The van der Waals surface area contributed by atoms with Crippen LogP contribution >= 0.6 is 0 Å². The van der Waals surface area contributed by atoms with Gasteiger partial charge < -0.3 is 14.8 Å². The molecule has 0 saturated carbocycles. The first-order valence-electron chi connectivity index (χ1n) is 10.9. The number of nitrogens with zero attached hydrogens (tertiary/aromatic N) is 2. The van der Waals surface area contributed by atoms with Crippen LogP contribution in [-0.4, -0.2) is 22.5 Å². The zero-order chi connectivity index (χ0) is 22.9. The Balaban J connectivity index is 1.32. The second-order valence-corrected chi connectivity index (χ2v) is 7.42. The minimum Gasteiger partial charge on any atom is -0.494 e. The molecule has 1 amide bonds. The lowest BCUT2D eigenvalue weighted by Crippen LogP contribution is -2.22. The third-order valence-electron chi connectivity index (χ3n) is 4.91. The lowest BCUT2D eigenvalue weighted by Gasteiger charge is -2.08. The minimum atomic E-state index is -0.129. The highest BCUT2D eigenvalue weighted by Crippen LogP contribution is 2.22. The van der Waals surface area contributed by atoms with Crippen LogP contribution in [0.25, 0.3) is 11.1 Å². The van der Waals surface area contributed by atoms with Crippen molar-refractivity contribution in [2.75, 3.05) is 6.61 Å². The van der Waals surface area contributed by atoms with Gasteiger partial charge in [0.15, 0.2) is 0 Å². The van der Waals surface area contributed by atoms with Gasteiger partial charge in [0, 0.05) is 30.1 Å². The molecule has 0 unspecified atom stereocenters. The Morgan fingerprint density at radius 1 is 0.818 bits per heavy atom. The number of nitrogens with one attached hydrogen (secondary N) is 1. The van der Waals surface area contributed by atoms with Gasteiger partial charge in [-0.2, -0.15) is 0 Å². The highest BCUT2D eigenvalue weighted by molar-refractivity contribution is 5.94. The quantitative estimate of drug-likeness (QED) is 0.365.